The molecule has 0 saturated carbocycles. The minimum atomic E-state index is -1.98. The van der Waals surface area contributed by atoms with Crippen molar-refractivity contribution in [2.45, 2.75) is 104 Å². The zero-order chi connectivity index (χ0) is 48.1. The van der Waals surface area contributed by atoms with Gasteiger partial charge in [-0.15, -0.1) is 0 Å². The Morgan fingerprint density at radius 1 is 0.970 bits per heavy atom. The van der Waals surface area contributed by atoms with Crippen molar-refractivity contribution in [2.24, 2.45) is 23.7 Å². The summed E-state index contributed by atoms with van der Waals surface area (Å²) in [6.07, 6.45) is 5.25. The molecule has 1 saturated heterocycles. The van der Waals surface area contributed by atoms with Gasteiger partial charge in [0.05, 0.1) is 35.2 Å². The summed E-state index contributed by atoms with van der Waals surface area (Å²) in [5.41, 5.74) is -1.38. The van der Waals surface area contributed by atoms with Crippen LogP contribution in [0.25, 0.3) is 38.7 Å². The number of aliphatic hydroxyl groups excluding tert-OH is 3. The highest BCUT2D eigenvalue weighted by Gasteiger charge is 2.44. The summed E-state index contributed by atoms with van der Waals surface area (Å²) in [4.78, 5) is 62.1. The summed E-state index contributed by atoms with van der Waals surface area (Å²) in [7, 11) is 3.36. The number of aromatic nitrogens is 1. The second kappa shape index (κ2) is 18.7. The Bertz CT molecular complexity index is 2850. The minimum Gasteiger partial charge on any atom is -0.507 e. The maximum atomic E-state index is 14.8. The van der Waals surface area contributed by atoms with Crippen LogP contribution >= 0.6 is 0 Å². The molecule has 17 nitrogen and oxygen atoms in total. The van der Waals surface area contributed by atoms with E-state index >= 15 is 0 Å². The third-order valence-corrected chi connectivity index (χ3v) is 13.7. The van der Waals surface area contributed by atoms with Gasteiger partial charge in [0.15, 0.2) is 22.4 Å². The standard InChI is InChI=1S/C49H60N4O13/c1-22-12-11-13-23(2)48(61)52-39-43(59)35-34(38-46(39)65-33-21-30(20-31(55)37(33)51-38)53-17-14-29(50-9)15-18-53)36-45(27(6)42(35)58)66-49(8,47(36)60)63-19-16-32(62-10)24(3)44(64-28(7)54)26(5)41(57)25(4)40(22)56/h11-13,16,19-22,24-26,29,32,40-41,44,50,56-58,60H,14-15,17-18H2,1-10H3,(H,52,61)/b12-11+,19-16+,23-13-/t22-,24+,25+,26+,32-,40-,41+,44+,49-/m0/s1. The second-order valence-electron chi connectivity index (χ2n) is 18.1. The number of amides is 1. The van der Waals surface area contributed by atoms with Crippen LogP contribution in [-0.2, 0) is 23.8 Å². The molecule has 3 aliphatic rings. The number of phenols is 1. The lowest BCUT2D eigenvalue weighted by Crippen LogP contribution is -2.46. The highest BCUT2D eigenvalue weighted by Crippen LogP contribution is 2.42. The van der Waals surface area contributed by atoms with Crippen LogP contribution in [-0.4, -0.2) is 101 Å². The van der Waals surface area contributed by atoms with Crippen LogP contribution < -0.4 is 36.3 Å². The fraction of sp³-hybridized carbons (Fsp3) is 0.490. The average molecular weight is 913 g/mol. The van der Waals surface area contributed by atoms with Gasteiger partial charge >= 0.3 is 11.8 Å². The number of phenolic OH excluding ortho intramolecular Hbond substituents is 1. The Kier molecular flexibility index (Phi) is 13.6. The van der Waals surface area contributed by atoms with Gasteiger partial charge in [-0.05, 0) is 39.8 Å². The highest BCUT2D eigenvalue weighted by molar-refractivity contribution is 6.16. The zero-order valence-corrected chi connectivity index (χ0v) is 38.9. The predicted molar refractivity (Wildman–Crippen MR) is 249 cm³/mol. The van der Waals surface area contributed by atoms with Crippen LogP contribution in [0.3, 0.4) is 0 Å². The van der Waals surface area contributed by atoms with Gasteiger partial charge in [0.2, 0.25) is 10.9 Å². The molecule has 1 amide bonds. The maximum Gasteiger partial charge on any atom is 0.307 e. The first-order chi connectivity index (χ1) is 31.2. The molecule has 354 valence electrons. The molecule has 0 spiro atoms. The molecule has 7 rings (SSSR count). The monoisotopic (exact) mass is 912 g/mol. The second-order valence-corrected chi connectivity index (χ2v) is 18.1. The van der Waals surface area contributed by atoms with Crippen molar-refractivity contribution in [2.75, 3.05) is 37.5 Å². The van der Waals surface area contributed by atoms with Crippen molar-refractivity contribution in [1.29, 1.82) is 0 Å². The number of esters is 1. The first kappa shape index (κ1) is 47.9. The maximum absolute atomic E-state index is 14.8. The number of methoxy groups -OCH3 is 1. The van der Waals surface area contributed by atoms with Crippen LogP contribution in [0, 0.1) is 30.6 Å². The van der Waals surface area contributed by atoms with Gasteiger partial charge in [0.25, 0.3) is 5.91 Å². The smallest absolute Gasteiger partial charge is 0.307 e. The molecule has 3 aromatic carbocycles. The van der Waals surface area contributed by atoms with Crippen LogP contribution in [0.4, 0.5) is 11.4 Å². The summed E-state index contributed by atoms with van der Waals surface area (Å²) >= 11 is 0. The molecule has 3 aliphatic heterocycles. The van der Waals surface area contributed by atoms with Crippen molar-refractivity contribution in [1.82, 2.24) is 10.3 Å². The normalized spacial score (nSPS) is 29.9. The number of aromatic hydroxyl groups is 1. The van der Waals surface area contributed by atoms with Gasteiger partial charge in [-0.25, -0.2) is 4.98 Å². The van der Waals surface area contributed by atoms with E-state index in [4.69, 9.17) is 28.3 Å². The van der Waals surface area contributed by atoms with Crippen molar-refractivity contribution >= 4 is 62.0 Å². The van der Waals surface area contributed by atoms with Crippen molar-refractivity contribution in [3.05, 3.63) is 79.5 Å². The zero-order valence-electron chi connectivity index (χ0n) is 38.9. The molecular formula is C49H60N4O13. The van der Waals surface area contributed by atoms with Gasteiger partial charge in [-0.2, -0.15) is 0 Å². The molecule has 0 aliphatic carbocycles. The quantitative estimate of drug-likeness (QED) is 0.0920. The number of benzene rings is 3. The Labute approximate surface area is 381 Å². The lowest BCUT2D eigenvalue weighted by molar-refractivity contribution is -0.160. The summed E-state index contributed by atoms with van der Waals surface area (Å²) in [6, 6.07) is 3.46. The predicted octanol–water partition coefficient (Wildman–Crippen LogP) is 4.75. The Morgan fingerprint density at radius 3 is 2.32 bits per heavy atom. The number of hydrogen-bond donors (Lipinski definition) is 6. The first-order valence-corrected chi connectivity index (χ1v) is 22.3. The van der Waals surface area contributed by atoms with Crippen molar-refractivity contribution in [3.63, 3.8) is 0 Å². The summed E-state index contributed by atoms with van der Waals surface area (Å²) in [6.45, 7) is 13.9. The van der Waals surface area contributed by atoms with Gasteiger partial charge in [0.1, 0.15) is 28.8 Å². The lowest BCUT2D eigenvalue weighted by Gasteiger charge is -2.38. The number of rotatable bonds is 4. The number of carbonyl (C=O) groups excluding carboxylic acids is 2. The van der Waals surface area contributed by atoms with E-state index in [9.17, 15) is 39.6 Å². The van der Waals surface area contributed by atoms with E-state index < -0.39 is 88.1 Å². The largest absolute Gasteiger partial charge is 0.507 e. The molecule has 4 heterocycles. The molecule has 66 heavy (non-hydrogen) atoms. The summed E-state index contributed by atoms with van der Waals surface area (Å²) < 4.78 is 30.5. The average Bonchev–Trinajstić information content (AvgIpc) is 3.56. The number of ether oxygens (including phenoxy) is 4. The van der Waals surface area contributed by atoms with Gasteiger partial charge in [-0.1, -0.05) is 45.9 Å². The fourth-order valence-corrected chi connectivity index (χ4v) is 9.49. The molecule has 1 aromatic heterocycles. The van der Waals surface area contributed by atoms with Crippen LogP contribution in [0.2, 0.25) is 0 Å². The van der Waals surface area contributed by atoms with Gasteiger partial charge in [-0.3, -0.25) is 19.2 Å². The third kappa shape index (κ3) is 8.60. The molecule has 6 N–H and O–H groups in total. The van der Waals surface area contributed by atoms with Gasteiger partial charge in [0, 0.05) is 98.1 Å². The van der Waals surface area contributed by atoms with Crippen molar-refractivity contribution in [3.8, 4) is 11.5 Å². The van der Waals surface area contributed by atoms with E-state index in [-0.39, 0.29) is 60.8 Å². The van der Waals surface area contributed by atoms with E-state index in [1.54, 1.807) is 45.9 Å². The van der Waals surface area contributed by atoms with Crippen LogP contribution in [0.15, 0.2) is 62.3 Å². The van der Waals surface area contributed by atoms with E-state index in [2.05, 4.69) is 15.5 Å². The number of fused-ring (bicyclic) bond motifs is 5. The number of nitrogens with one attached hydrogen (secondary N) is 2. The van der Waals surface area contributed by atoms with E-state index in [1.165, 1.54) is 59.3 Å². The highest BCUT2D eigenvalue weighted by atomic mass is 16.7. The third-order valence-electron chi connectivity index (χ3n) is 13.7. The molecular weight excluding hydrogens is 853 g/mol. The van der Waals surface area contributed by atoms with Crippen molar-refractivity contribution < 1.29 is 53.4 Å². The Morgan fingerprint density at radius 2 is 1.67 bits per heavy atom. The lowest BCUT2D eigenvalue weighted by atomic mass is 9.78. The van der Waals surface area contributed by atoms with Gasteiger partial charge < -0.3 is 59.3 Å². The molecule has 9 atom stereocenters. The molecule has 4 aromatic rings. The first-order valence-electron chi connectivity index (χ1n) is 22.3. The SMILES string of the molecule is CNC1CCN(c2cc(=O)c3nc4c(oc3c2)c2c(=O)c3c(O)c(C)c5c(c34)=C(O)[C@@](C)(O/C=C/[C@H](OC)[C@@H](C)[C@@H](OC(C)=O)[C@H](C)[C@H](O)[C@H](C)[C@@H](O)[C@@H](C)/C=C/C=C(/C)C(=O)N2)O5)CC1. The van der Waals surface area contributed by atoms with Crippen LogP contribution in [0.1, 0.15) is 66.9 Å². The minimum absolute atomic E-state index is 0.0354. The summed E-state index contributed by atoms with van der Waals surface area (Å²) in [5.74, 6) is -6.93. The number of piperidine rings is 1. The number of carbonyl (C=O) groups is 2. The topological polar surface area (TPSA) is 239 Å². The van der Waals surface area contributed by atoms with E-state index in [1.807, 2.05) is 7.05 Å². The number of nitrogens with zero attached hydrogens (tertiary/aromatic N) is 2. The number of aliphatic hydroxyl groups is 3. The van der Waals surface area contributed by atoms with E-state index in [0.29, 0.717) is 24.8 Å². The van der Waals surface area contributed by atoms with Crippen LogP contribution in [0.5, 0.6) is 11.5 Å². The molecule has 0 unspecified atom stereocenters. The number of anilines is 2. The number of hydrogen-bond acceptors (Lipinski definition) is 16. The van der Waals surface area contributed by atoms with E-state index in [0.717, 1.165) is 12.8 Å². The molecule has 17 heteroatoms. The molecule has 5 bridgehead atoms. The Hall–Kier alpha value is -6.01. The Balaban J connectivity index is 1.47. The molecule has 0 radical (unpaired) electrons. The summed E-state index contributed by atoms with van der Waals surface area (Å²) in [5, 5.41) is 52.5. The molecule has 1 fully saturated rings. The fourth-order valence-electron chi connectivity index (χ4n) is 9.49. The number of allylic oxidation sites excluding steroid dienone is 2.